The number of carbonyl (C=O) groups is 1. The zero-order valence-corrected chi connectivity index (χ0v) is 6.90. The molecule has 1 rings (SSSR count). The van der Waals surface area contributed by atoms with Gasteiger partial charge in [0.1, 0.15) is 11.8 Å². The number of carboxylic acid groups (broad SMARTS) is 1. The quantitative estimate of drug-likeness (QED) is 0.676. The fourth-order valence-electron chi connectivity index (χ4n) is 1.02. The Morgan fingerprint density at radius 2 is 2.15 bits per heavy atom. The van der Waals surface area contributed by atoms with Gasteiger partial charge in [-0.05, 0) is 24.6 Å². The zero-order chi connectivity index (χ0) is 10.0. The number of hydrogen-bond donors (Lipinski definition) is 2. The lowest BCUT2D eigenvalue weighted by molar-refractivity contribution is 0.0695. The lowest BCUT2D eigenvalue weighted by atomic mass is 10.0. The van der Waals surface area contributed by atoms with Gasteiger partial charge in [0.2, 0.25) is 0 Å². The Morgan fingerprint density at radius 1 is 1.54 bits per heavy atom. The molecule has 0 unspecified atom stereocenters. The highest BCUT2D eigenvalue weighted by molar-refractivity contribution is 5.90. The Kier molecular flexibility index (Phi) is 2.20. The van der Waals surface area contributed by atoms with E-state index in [1.54, 1.807) is 13.0 Å². The van der Waals surface area contributed by atoms with Crippen LogP contribution in [0.15, 0.2) is 12.1 Å². The summed E-state index contributed by atoms with van der Waals surface area (Å²) in [5, 5.41) is 26.4. The highest BCUT2D eigenvalue weighted by Crippen LogP contribution is 2.21. The third kappa shape index (κ3) is 1.59. The minimum atomic E-state index is -1.11. The molecule has 1 aromatic carbocycles. The first-order valence-corrected chi connectivity index (χ1v) is 3.53. The number of rotatable bonds is 1. The number of nitrogens with zero attached hydrogens (tertiary/aromatic N) is 1. The van der Waals surface area contributed by atoms with Crippen LogP contribution >= 0.6 is 0 Å². The molecule has 0 atom stereocenters. The van der Waals surface area contributed by atoms with Crippen molar-refractivity contribution in [1.29, 1.82) is 5.26 Å². The number of carboxylic acids is 1. The summed E-state index contributed by atoms with van der Waals surface area (Å²) in [5.74, 6) is -1.41. The van der Waals surface area contributed by atoms with Gasteiger partial charge in [0.05, 0.1) is 11.1 Å². The Balaban J connectivity index is 3.39. The van der Waals surface area contributed by atoms with Crippen LogP contribution in [0.1, 0.15) is 21.5 Å². The summed E-state index contributed by atoms with van der Waals surface area (Å²) in [7, 11) is 0. The molecule has 0 aliphatic heterocycles. The second kappa shape index (κ2) is 3.15. The van der Waals surface area contributed by atoms with Crippen molar-refractivity contribution in [2.45, 2.75) is 6.92 Å². The Bertz CT molecular complexity index is 404. The zero-order valence-electron chi connectivity index (χ0n) is 6.90. The summed E-state index contributed by atoms with van der Waals surface area (Å²) in [6.45, 7) is 1.57. The first-order chi connectivity index (χ1) is 6.06. The van der Waals surface area contributed by atoms with E-state index >= 15 is 0 Å². The predicted molar refractivity (Wildman–Crippen MR) is 44.5 cm³/mol. The molecule has 0 aliphatic carbocycles. The summed E-state index contributed by atoms with van der Waals surface area (Å²) in [6.07, 6.45) is 0. The maximum absolute atomic E-state index is 10.6. The van der Waals surface area contributed by atoms with Crippen molar-refractivity contribution in [2.24, 2.45) is 0 Å². The molecule has 66 valence electrons. The van der Waals surface area contributed by atoms with Crippen molar-refractivity contribution in [1.82, 2.24) is 0 Å². The number of aromatic hydroxyl groups is 1. The first-order valence-electron chi connectivity index (χ1n) is 3.53. The number of phenolic OH excluding ortho intramolecular Hbond substituents is 1. The second-order valence-corrected chi connectivity index (χ2v) is 2.60. The predicted octanol–water partition coefficient (Wildman–Crippen LogP) is 1.27. The molecule has 4 nitrogen and oxygen atoms in total. The highest BCUT2D eigenvalue weighted by atomic mass is 16.4. The second-order valence-electron chi connectivity index (χ2n) is 2.60. The number of phenols is 1. The highest BCUT2D eigenvalue weighted by Gasteiger charge is 2.11. The van der Waals surface area contributed by atoms with E-state index in [0.29, 0.717) is 5.56 Å². The van der Waals surface area contributed by atoms with Crippen molar-refractivity contribution in [3.05, 3.63) is 28.8 Å². The molecule has 1 aromatic rings. The average Bonchev–Trinajstić information content (AvgIpc) is 2.07. The SMILES string of the molecule is Cc1cc(C#N)c(O)cc1C(=O)O. The first kappa shape index (κ1) is 9.07. The summed E-state index contributed by atoms with van der Waals surface area (Å²) >= 11 is 0. The molecule has 0 saturated heterocycles. The minimum absolute atomic E-state index is 0.0106. The van der Waals surface area contributed by atoms with Crippen LogP contribution in [0.2, 0.25) is 0 Å². The molecule has 2 N–H and O–H groups in total. The van der Waals surface area contributed by atoms with E-state index in [0.717, 1.165) is 6.07 Å². The number of hydrogen-bond acceptors (Lipinski definition) is 3. The van der Waals surface area contributed by atoms with Gasteiger partial charge in [-0.15, -0.1) is 0 Å². The van der Waals surface area contributed by atoms with E-state index < -0.39 is 5.97 Å². The molecule has 0 heterocycles. The van der Waals surface area contributed by atoms with Gasteiger partial charge in [0, 0.05) is 0 Å². The normalized spacial score (nSPS) is 9.23. The van der Waals surface area contributed by atoms with Crippen molar-refractivity contribution in [3.8, 4) is 11.8 Å². The Hall–Kier alpha value is -2.02. The van der Waals surface area contributed by atoms with E-state index in [-0.39, 0.29) is 16.9 Å². The molecule has 0 amide bonds. The van der Waals surface area contributed by atoms with Gasteiger partial charge in [-0.3, -0.25) is 0 Å². The minimum Gasteiger partial charge on any atom is -0.507 e. The van der Waals surface area contributed by atoms with Gasteiger partial charge in [0.15, 0.2) is 0 Å². The third-order valence-electron chi connectivity index (χ3n) is 1.69. The number of benzene rings is 1. The summed E-state index contributed by atoms with van der Waals surface area (Å²) in [6, 6.07) is 4.18. The summed E-state index contributed by atoms with van der Waals surface area (Å²) < 4.78 is 0. The van der Waals surface area contributed by atoms with E-state index in [9.17, 15) is 9.90 Å². The van der Waals surface area contributed by atoms with Crippen LogP contribution in [-0.4, -0.2) is 16.2 Å². The maximum Gasteiger partial charge on any atom is 0.336 e. The lowest BCUT2D eigenvalue weighted by Crippen LogP contribution is -1.99. The number of nitriles is 1. The van der Waals surface area contributed by atoms with Crippen LogP contribution in [0.5, 0.6) is 5.75 Å². The number of aromatic carboxylic acids is 1. The lowest BCUT2D eigenvalue weighted by Gasteiger charge is -2.02. The fourth-order valence-corrected chi connectivity index (χ4v) is 1.02. The molecule has 0 fully saturated rings. The van der Waals surface area contributed by atoms with Crippen molar-refractivity contribution < 1.29 is 15.0 Å². The van der Waals surface area contributed by atoms with E-state index in [4.69, 9.17) is 10.4 Å². The van der Waals surface area contributed by atoms with Crippen LogP contribution in [0, 0.1) is 18.3 Å². The van der Waals surface area contributed by atoms with Gasteiger partial charge >= 0.3 is 5.97 Å². The molecule has 0 aliphatic rings. The van der Waals surface area contributed by atoms with E-state index in [2.05, 4.69) is 0 Å². The van der Waals surface area contributed by atoms with E-state index in [1.807, 2.05) is 0 Å². The molecular formula is C9H7NO3. The van der Waals surface area contributed by atoms with Crippen LogP contribution in [-0.2, 0) is 0 Å². The van der Waals surface area contributed by atoms with Crippen LogP contribution in [0.4, 0.5) is 0 Å². The van der Waals surface area contributed by atoms with Crippen LogP contribution in [0.25, 0.3) is 0 Å². The molecular weight excluding hydrogens is 170 g/mol. The summed E-state index contributed by atoms with van der Waals surface area (Å²) in [5.41, 5.74) is 0.556. The van der Waals surface area contributed by atoms with E-state index in [1.165, 1.54) is 6.07 Å². The topological polar surface area (TPSA) is 81.3 Å². The van der Waals surface area contributed by atoms with Crippen LogP contribution < -0.4 is 0 Å². The van der Waals surface area contributed by atoms with Crippen molar-refractivity contribution >= 4 is 5.97 Å². The van der Waals surface area contributed by atoms with Gasteiger partial charge in [0.25, 0.3) is 0 Å². The monoisotopic (exact) mass is 177 g/mol. The van der Waals surface area contributed by atoms with Crippen LogP contribution in [0.3, 0.4) is 0 Å². The molecule has 0 spiro atoms. The smallest absolute Gasteiger partial charge is 0.336 e. The summed E-state index contributed by atoms with van der Waals surface area (Å²) in [4.78, 5) is 10.6. The Labute approximate surface area is 74.7 Å². The molecule has 0 radical (unpaired) electrons. The molecule has 4 heteroatoms. The molecule has 0 bridgehead atoms. The van der Waals surface area contributed by atoms with Crippen molar-refractivity contribution in [2.75, 3.05) is 0 Å². The standard InChI is InChI=1S/C9H7NO3/c1-5-2-6(4-10)8(11)3-7(5)9(12)13/h2-3,11H,1H3,(H,12,13). The molecule has 0 aromatic heterocycles. The fraction of sp³-hybridized carbons (Fsp3) is 0.111. The largest absolute Gasteiger partial charge is 0.507 e. The van der Waals surface area contributed by atoms with Gasteiger partial charge in [-0.2, -0.15) is 5.26 Å². The van der Waals surface area contributed by atoms with Gasteiger partial charge < -0.3 is 10.2 Å². The van der Waals surface area contributed by atoms with Gasteiger partial charge in [-0.25, -0.2) is 4.79 Å². The van der Waals surface area contributed by atoms with Crippen molar-refractivity contribution in [3.63, 3.8) is 0 Å². The number of aryl methyl sites for hydroxylation is 1. The molecule has 0 saturated carbocycles. The Morgan fingerprint density at radius 3 is 2.62 bits per heavy atom. The average molecular weight is 177 g/mol. The van der Waals surface area contributed by atoms with Gasteiger partial charge in [-0.1, -0.05) is 0 Å². The molecule has 13 heavy (non-hydrogen) atoms. The maximum atomic E-state index is 10.6. The third-order valence-corrected chi connectivity index (χ3v) is 1.69.